The normalized spacial score (nSPS) is 16.7. The van der Waals surface area contributed by atoms with Gasteiger partial charge in [-0.05, 0) is 0 Å². The van der Waals surface area contributed by atoms with Gasteiger partial charge in [0.05, 0.1) is 0 Å². The van der Waals surface area contributed by atoms with Crippen LogP contribution >= 0.6 is 0 Å². The van der Waals surface area contributed by atoms with Gasteiger partial charge in [0, 0.05) is 0 Å². The molecule has 1 aliphatic rings. The van der Waals surface area contributed by atoms with E-state index in [-0.39, 0.29) is 0 Å². The van der Waals surface area contributed by atoms with Gasteiger partial charge in [-0.2, -0.15) is 0 Å². The zero-order valence-corrected chi connectivity index (χ0v) is 26.8. The summed E-state index contributed by atoms with van der Waals surface area (Å²) in [7, 11) is -3.20. The molecule has 0 nitrogen and oxygen atoms in total. The van der Waals surface area contributed by atoms with E-state index >= 15 is 0 Å². The number of hydrogen-bond acceptors (Lipinski definition) is 0. The molecule has 0 atom stereocenters. The number of allylic oxidation sites excluding steroid dienone is 2. The first kappa shape index (κ1) is 25.8. The van der Waals surface area contributed by atoms with Crippen LogP contribution in [0.5, 0.6) is 0 Å². The SMILES string of the molecule is CCB(CC)C1=[C]([Si](C)(C)C)[Sn]([c]2ccccc2)([c]2ccccc2)[C]([Si](C)(C)C)=C1CC. The molecular formula is C28H43BSi2Sn. The molecule has 3 rings (SSSR count). The standard InChI is InChI=1S/C16H33BSi2.2C6H5.Sn/c1-10-15(13-18(4,5)6)16(14-19(7,8)9)17(11-2)12-3;2*1-2-4-6-5-3-1;/h10-12H2,1-9H3;2*1-5H;. The van der Waals surface area contributed by atoms with Gasteiger partial charge in [-0.25, -0.2) is 0 Å². The maximum atomic E-state index is 2.64. The first-order valence-corrected chi connectivity index (χ1v) is 25.4. The van der Waals surface area contributed by atoms with Crippen LogP contribution in [0.25, 0.3) is 0 Å². The molecule has 170 valence electrons. The molecule has 0 N–H and O–H groups in total. The summed E-state index contributed by atoms with van der Waals surface area (Å²) in [5, 5.41) is 0. The van der Waals surface area contributed by atoms with Crippen LogP contribution in [0.1, 0.15) is 27.2 Å². The molecule has 0 radical (unpaired) electrons. The Hall–Kier alpha value is -0.783. The Morgan fingerprint density at radius 3 is 1.34 bits per heavy atom. The van der Waals surface area contributed by atoms with E-state index in [1.54, 1.807) is 12.7 Å². The molecule has 0 aromatic heterocycles. The second-order valence-electron chi connectivity index (χ2n) is 11.5. The summed E-state index contributed by atoms with van der Waals surface area (Å²) in [6.45, 7) is 23.8. The number of hydrogen-bond donors (Lipinski definition) is 0. The van der Waals surface area contributed by atoms with E-state index in [4.69, 9.17) is 0 Å². The molecule has 1 aliphatic heterocycles. The van der Waals surface area contributed by atoms with Gasteiger partial charge >= 0.3 is 206 Å². The second kappa shape index (κ2) is 9.83. The van der Waals surface area contributed by atoms with Crippen LogP contribution in [-0.2, 0) is 0 Å². The first-order chi connectivity index (χ1) is 15.0. The quantitative estimate of drug-likeness (QED) is 0.298. The fourth-order valence-electron chi connectivity index (χ4n) is 6.46. The minimum atomic E-state index is -3.38. The monoisotopic (exact) mass is 566 g/mol. The summed E-state index contributed by atoms with van der Waals surface area (Å²) in [5.74, 6) is 0. The zero-order chi connectivity index (χ0) is 23.7. The van der Waals surface area contributed by atoms with E-state index in [0.29, 0.717) is 6.71 Å². The third kappa shape index (κ3) is 4.34. The maximum absolute atomic E-state index is 3.38. The molecule has 0 unspecified atom stereocenters. The van der Waals surface area contributed by atoms with Crippen molar-refractivity contribution in [2.24, 2.45) is 0 Å². The molecule has 0 bridgehead atoms. The third-order valence-corrected chi connectivity index (χ3v) is 41.5. The molecular weight excluding hydrogens is 522 g/mol. The van der Waals surface area contributed by atoms with Gasteiger partial charge in [0.1, 0.15) is 0 Å². The van der Waals surface area contributed by atoms with Crippen molar-refractivity contribution in [3.8, 4) is 0 Å². The van der Waals surface area contributed by atoms with Crippen LogP contribution in [0.15, 0.2) is 78.1 Å². The van der Waals surface area contributed by atoms with Crippen LogP contribution in [0, 0.1) is 0 Å². The molecule has 0 spiro atoms. The first-order valence-electron chi connectivity index (χ1n) is 12.7. The van der Waals surface area contributed by atoms with Gasteiger partial charge in [-0.15, -0.1) is 0 Å². The summed E-state index contributed by atoms with van der Waals surface area (Å²) < 4.78 is 7.38. The van der Waals surface area contributed by atoms with Gasteiger partial charge < -0.3 is 0 Å². The molecule has 0 amide bonds. The van der Waals surface area contributed by atoms with E-state index < -0.39 is 34.5 Å². The average Bonchev–Trinajstić information content (AvgIpc) is 3.09. The fourth-order valence-corrected chi connectivity index (χ4v) is 50.0. The van der Waals surface area contributed by atoms with Crippen molar-refractivity contribution >= 4 is 48.4 Å². The molecule has 0 fully saturated rings. The molecule has 0 saturated heterocycles. The van der Waals surface area contributed by atoms with Crippen molar-refractivity contribution in [3.05, 3.63) is 78.1 Å². The van der Waals surface area contributed by atoms with E-state index in [1.165, 1.54) is 19.1 Å². The van der Waals surface area contributed by atoms with Crippen molar-refractivity contribution < 1.29 is 0 Å². The fraction of sp³-hybridized carbons (Fsp3) is 0.429. The topological polar surface area (TPSA) is 0 Å². The van der Waals surface area contributed by atoms with Crippen LogP contribution in [0.4, 0.5) is 0 Å². The van der Waals surface area contributed by atoms with Crippen molar-refractivity contribution in [1.29, 1.82) is 0 Å². The summed E-state index contributed by atoms with van der Waals surface area (Å²) in [6.07, 6.45) is 3.71. The molecule has 0 aliphatic carbocycles. The Labute approximate surface area is 204 Å². The predicted octanol–water partition coefficient (Wildman–Crippen LogP) is 7.17. The van der Waals surface area contributed by atoms with E-state index in [2.05, 4.69) is 121 Å². The molecule has 2 aromatic rings. The van der Waals surface area contributed by atoms with Crippen LogP contribution in [0.2, 0.25) is 51.9 Å². The van der Waals surface area contributed by atoms with E-state index in [9.17, 15) is 0 Å². The van der Waals surface area contributed by atoms with Gasteiger partial charge in [-0.1, -0.05) is 0 Å². The van der Waals surface area contributed by atoms with Crippen molar-refractivity contribution in [2.75, 3.05) is 0 Å². The van der Waals surface area contributed by atoms with Gasteiger partial charge in [0.25, 0.3) is 0 Å². The molecule has 32 heavy (non-hydrogen) atoms. The van der Waals surface area contributed by atoms with Crippen LogP contribution in [-0.4, -0.2) is 41.2 Å². The molecule has 0 saturated carbocycles. The molecule has 4 heteroatoms. The van der Waals surface area contributed by atoms with E-state index in [0.717, 1.165) is 0 Å². The Morgan fingerprint density at radius 1 is 0.625 bits per heavy atom. The second-order valence-corrected chi connectivity index (χ2v) is 34.8. The Balaban J connectivity index is 2.66. The van der Waals surface area contributed by atoms with Gasteiger partial charge in [0.2, 0.25) is 0 Å². The summed E-state index contributed by atoms with van der Waals surface area (Å²) in [6, 6.07) is 23.7. The van der Waals surface area contributed by atoms with Crippen molar-refractivity contribution in [1.82, 2.24) is 0 Å². The van der Waals surface area contributed by atoms with E-state index in [1.807, 2.05) is 11.9 Å². The third-order valence-electron chi connectivity index (χ3n) is 7.31. The summed E-state index contributed by atoms with van der Waals surface area (Å²) >= 11 is -3.38. The van der Waals surface area contributed by atoms with Crippen molar-refractivity contribution in [2.45, 2.75) is 79.1 Å². The number of benzene rings is 2. The molecule has 2 aromatic carbocycles. The predicted molar refractivity (Wildman–Crippen MR) is 156 cm³/mol. The average molecular weight is 565 g/mol. The van der Waals surface area contributed by atoms with Gasteiger partial charge in [0.15, 0.2) is 0 Å². The molecule has 1 heterocycles. The van der Waals surface area contributed by atoms with Crippen LogP contribution in [0.3, 0.4) is 0 Å². The minimum absolute atomic E-state index is 0.698. The van der Waals surface area contributed by atoms with Crippen LogP contribution < -0.4 is 7.16 Å². The Morgan fingerprint density at radius 2 is 1.03 bits per heavy atom. The van der Waals surface area contributed by atoms with Crippen molar-refractivity contribution in [3.63, 3.8) is 0 Å². The van der Waals surface area contributed by atoms with Gasteiger partial charge in [-0.3, -0.25) is 0 Å². The number of rotatable bonds is 8. The Kier molecular flexibility index (Phi) is 7.94. The summed E-state index contributed by atoms with van der Waals surface area (Å²) in [5.41, 5.74) is 3.65. The Bertz CT molecular complexity index is 952. The summed E-state index contributed by atoms with van der Waals surface area (Å²) in [4.78, 5) is 0. The zero-order valence-electron chi connectivity index (χ0n) is 22.0.